The summed E-state index contributed by atoms with van der Waals surface area (Å²) >= 11 is 12.4. The molecule has 176 valence electrons. The molecule has 3 aromatic rings. The Bertz CT molecular complexity index is 1210. The molecule has 0 heterocycles. The lowest BCUT2D eigenvalue weighted by Gasteiger charge is -2.13. The van der Waals surface area contributed by atoms with Crippen molar-refractivity contribution in [2.45, 2.75) is 13.5 Å². The second kappa shape index (κ2) is 11.5. The first kappa shape index (κ1) is 25.0. The molecule has 0 atom stereocenters. The summed E-state index contributed by atoms with van der Waals surface area (Å²) in [4.78, 5) is 24.0. The van der Waals surface area contributed by atoms with Crippen molar-refractivity contribution >= 4 is 46.4 Å². The first-order valence-corrected chi connectivity index (χ1v) is 10.7. The highest BCUT2D eigenvalue weighted by atomic mass is 35.5. The van der Waals surface area contributed by atoms with Gasteiger partial charge in [0, 0.05) is 26.9 Å². The normalized spacial score (nSPS) is 11.0. The first-order chi connectivity index (χ1) is 16.3. The van der Waals surface area contributed by atoms with Crippen molar-refractivity contribution in [3.63, 3.8) is 0 Å². The number of carbonyl (C=O) groups excluding carboxylic acids is 2. The number of nitrogens with zero attached hydrogens (tertiary/aromatic N) is 1. The van der Waals surface area contributed by atoms with Crippen LogP contribution in [0, 0.1) is 5.82 Å². The number of methoxy groups -OCH3 is 1. The van der Waals surface area contributed by atoms with E-state index in [1.54, 1.807) is 43.3 Å². The number of benzene rings is 3. The molecule has 0 unspecified atom stereocenters. The van der Waals surface area contributed by atoms with Crippen molar-refractivity contribution in [3.8, 4) is 11.5 Å². The highest BCUT2D eigenvalue weighted by Crippen LogP contribution is 2.31. The fourth-order valence-electron chi connectivity index (χ4n) is 2.80. The number of carbonyl (C=O) groups is 2. The Morgan fingerprint density at radius 2 is 1.65 bits per heavy atom. The zero-order valence-electron chi connectivity index (χ0n) is 18.2. The molecular weight excluding hydrogens is 484 g/mol. The molecule has 0 saturated heterocycles. The van der Waals surface area contributed by atoms with Crippen LogP contribution in [0.2, 0.25) is 10.0 Å². The number of nitrogens with one attached hydrogen (secondary N) is 2. The predicted octanol–water partition coefficient (Wildman–Crippen LogP) is 5.20. The zero-order valence-corrected chi connectivity index (χ0v) is 19.7. The molecule has 0 spiro atoms. The van der Waals surface area contributed by atoms with Crippen LogP contribution in [0.15, 0.2) is 65.8 Å². The van der Waals surface area contributed by atoms with Crippen molar-refractivity contribution in [2.24, 2.45) is 5.10 Å². The van der Waals surface area contributed by atoms with E-state index >= 15 is 0 Å². The van der Waals surface area contributed by atoms with Crippen molar-refractivity contribution in [1.29, 1.82) is 0 Å². The summed E-state index contributed by atoms with van der Waals surface area (Å²) in [6, 6.07) is 15.3. The van der Waals surface area contributed by atoms with Crippen LogP contribution in [-0.2, 0) is 16.2 Å². The van der Waals surface area contributed by atoms with E-state index in [9.17, 15) is 14.0 Å². The maximum absolute atomic E-state index is 12.9. The van der Waals surface area contributed by atoms with E-state index in [0.717, 1.165) is 0 Å². The minimum atomic E-state index is -0.979. The van der Waals surface area contributed by atoms with Crippen LogP contribution in [0.4, 0.5) is 10.1 Å². The summed E-state index contributed by atoms with van der Waals surface area (Å²) in [5.74, 6) is -1.49. The van der Waals surface area contributed by atoms with Crippen LogP contribution in [0.1, 0.15) is 18.1 Å². The minimum absolute atomic E-state index is 0.139. The van der Waals surface area contributed by atoms with Gasteiger partial charge in [-0.1, -0.05) is 29.3 Å². The Kier molecular flexibility index (Phi) is 8.45. The van der Waals surface area contributed by atoms with Gasteiger partial charge in [-0.05, 0) is 61.5 Å². The molecule has 2 N–H and O–H groups in total. The molecule has 0 saturated carbocycles. The van der Waals surface area contributed by atoms with Gasteiger partial charge in [-0.3, -0.25) is 9.59 Å². The maximum atomic E-state index is 12.9. The van der Waals surface area contributed by atoms with Crippen LogP contribution in [0.3, 0.4) is 0 Å². The molecule has 3 aromatic carbocycles. The van der Waals surface area contributed by atoms with Gasteiger partial charge < -0.3 is 14.8 Å². The van der Waals surface area contributed by atoms with E-state index < -0.39 is 17.6 Å². The predicted molar refractivity (Wildman–Crippen MR) is 129 cm³/mol. The lowest BCUT2D eigenvalue weighted by atomic mass is 10.1. The number of ether oxygens (including phenoxy) is 2. The van der Waals surface area contributed by atoms with Gasteiger partial charge in [0.25, 0.3) is 0 Å². The third-order valence-electron chi connectivity index (χ3n) is 4.65. The topological polar surface area (TPSA) is 89.0 Å². The lowest BCUT2D eigenvalue weighted by molar-refractivity contribution is -0.136. The van der Waals surface area contributed by atoms with Gasteiger partial charge in [0.1, 0.15) is 12.4 Å². The number of hydrogen-bond donors (Lipinski definition) is 2. The quantitative estimate of drug-likeness (QED) is 0.263. The summed E-state index contributed by atoms with van der Waals surface area (Å²) in [7, 11) is 1.49. The fourth-order valence-corrected chi connectivity index (χ4v) is 3.31. The monoisotopic (exact) mass is 503 g/mol. The third kappa shape index (κ3) is 6.46. The Hall–Kier alpha value is -3.62. The molecule has 0 aliphatic rings. The van der Waals surface area contributed by atoms with Gasteiger partial charge in [0.15, 0.2) is 11.5 Å². The summed E-state index contributed by atoms with van der Waals surface area (Å²) in [5.41, 5.74) is 4.16. The van der Waals surface area contributed by atoms with Gasteiger partial charge in [-0.15, -0.1) is 0 Å². The van der Waals surface area contributed by atoms with Crippen LogP contribution < -0.4 is 20.2 Å². The molecular formula is C24H20Cl2FN3O4. The van der Waals surface area contributed by atoms with Crippen LogP contribution in [0.25, 0.3) is 0 Å². The Labute approximate surface area is 205 Å². The number of anilines is 1. The summed E-state index contributed by atoms with van der Waals surface area (Å²) in [5, 5.41) is 7.29. The second-order valence-electron chi connectivity index (χ2n) is 6.95. The Balaban J connectivity index is 1.64. The highest BCUT2D eigenvalue weighted by Gasteiger charge is 2.14. The average Bonchev–Trinajstić information content (AvgIpc) is 2.83. The molecule has 0 aliphatic heterocycles. The van der Waals surface area contributed by atoms with E-state index in [4.69, 9.17) is 32.7 Å². The zero-order chi connectivity index (χ0) is 24.7. The fraction of sp³-hybridized carbons (Fsp3) is 0.125. The average molecular weight is 504 g/mol. The van der Waals surface area contributed by atoms with Crippen LogP contribution >= 0.6 is 23.2 Å². The molecule has 2 amide bonds. The van der Waals surface area contributed by atoms with Crippen LogP contribution in [0.5, 0.6) is 11.5 Å². The molecule has 0 radical (unpaired) electrons. The summed E-state index contributed by atoms with van der Waals surface area (Å²) in [6.07, 6.45) is 0. The number of hydrogen-bond acceptors (Lipinski definition) is 5. The van der Waals surface area contributed by atoms with Gasteiger partial charge in [-0.25, -0.2) is 9.82 Å². The smallest absolute Gasteiger partial charge is 0.329 e. The molecule has 3 rings (SSSR count). The largest absolute Gasteiger partial charge is 0.493 e. The van der Waals surface area contributed by atoms with Crippen molar-refractivity contribution in [3.05, 3.63) is 87.7 Å². The van der Waals surface area contributed by atoms with Gasteiger partial charge in [0.2, 0.25) is 0 Å². The molecule has 7 nitrogen and oxygen atoms in total. The standard InChI is InChI=1S/C24H20Cl2FN3O4/c1-14(29-30-24(32)23(31)28-17-9-7-16(27)8-10-17)15-6-11-21(22(12-15)33-2)34-13-18-19(25)4-3-5-20(18)26/h3-12H,13H2,1-2H3,(H,28,31)(H,30,32)/b29-14+. The van der Waals surface area contributed by atoms with E-state index in [-0.39, 0.29) is 12.3 Å². The SMILES string of the molecule is COc1cc(/C(C)=N/NC(=O)C(=O)Nc2ccc(F)cc2)ccc1OCc1c(Cl)cccc1Cl. The molecule has 0 aromatic heterocycles. The molecule has 0 bridgehead atoms. The van der Waals surface area contributed by atoms with Crippen molar-refractivity contribution in [1.82, 2.24) is 5.43 Å². The van der Waals surface area contributed by atoms with Gasteiger partial charge in [0.05, 0.1) is 12.8 Å². The summed E-state index contributed by atoms with van der Waals surface area (Å²) in [6.45, 7) is 1.79. The van der Waals surface area contributed by atoms with Crippen molar-refractivity contribution < 1.29 is 23.5 Å². The lowest BCUT2D eigenvalue weighted by Crippen LogP contribution is -2.32. The molecule has 34 heavy (non-hydrogen) atoms. The number of halogens is 3. The minimum Gasteiger partial charge on any atom is -0.493 e. The van der Waals surface area contributed by atoms with Crippen molar-refractivity contribution in [2.75, 3.05) is 12.4 Å². The molecule has 0 fully saturated rings. The highest BCUT2D eigenvalue weighted by molar-refractivity contribution is 6.39. The van der Waals surface area contributed by atoms with E-state index in [0.29, 0.717) is 38.4 Å². The Morgan fingerprint density at radius 1 is 0.971 bits per heavy atom. The number of hydrazone groups is 1. The molecule has 0 aliphatic carbocycles. The van der Waals surface area contributed by atoms with Gasteiger partial charge >= 0.3 is 11.8 Å². The first-order valence-electron chi connectivity index (χ1n) is 9.93. The maximum Gasteiger partial charge on any atom is 0.329 e. The van der Waals surface area contributed by atoms with E-state index in [1.165, 1.54) is 31.4 Å². The number of amides is 2. The summed E-state index contributed by atoms with van der Waals surface area (Å²) < 4.78 is 24.2. The van der Waals surface area contributed by atoms with Gasteiger partial charge in [-0.2, -0.15) is 5.10 Å². The second-order valence-corrected chi connectivity index (χ2v) is 7.77. The van der Waals surface area contributed by atoms with E-state index in [1.807, 2.05) is 0 Å². The van der Waals surface area contributed by atoms with Crippen LogP contribution in [-0.4, -0.2) is 24.6 Å². The molecule has 10 heteroatoms. The Morgan fingerprint density at radius 3 is 2.29 bits per heavy atom. The third-order valence-corrected chi connectivity index (χ3v) is 5.36. The van der Waals surface area contributed by atoms with E-state index in [2.05, 4.69) is 15.8 Å². The number of rotatable bonds is 7.